The summed E-state index contributed by atoms with van der Waals surface area (Å²) in [7, 11) is 0. The van der Waals surface area contributed by atoms with E-state index in [2.05, 4.69) is 10.3 Å². The van der Waals surface area contributed by atoms with E-state index < -0.39 is 12.6 Å². The van der Waals surface area contributed by atoms with E-state index in [9.17, 15) is 13.2 Å². The number of para-hydroxylation sites is 1. The van der Waals surface area contributed by atoms with Crippen molar-refractivity contribution < 1.29 is 13.2 Å². The molecule has 2 aromatic rings. The number of alkyl halides is 3. The van der Waals surface area contributed by atoms with Gasteiger partial charge in [-0.2, -0.15) is 13.2 Å². The van der Waals surface area contributed by atoms with Crippen molar-refractivity contribution in [1.82, 2.24) is 4.98 Å². The zero-order valence-corrected chi connectivity index (χ0v) is 9.46. The van der Waals surface area contributed by atoms with E-state index in [1.807, 2.05) is 6.07 Å². The summed E-state index contributed by atoms with van der Waals surface area (Å²) >= 11 is 0. The lowest BCUT2D eigenvalue weighted by atomic mass is 10.1. The van der Waals surface area contributed by atoms with Crippen LogP contribution in [0.3, 0.4) is 0 Å². The van der Waals surface area contributed by atoms with Gasteiger partial charge in [0.05, 0.1) is 29.5 Å². The number of hydrogen-bond donors (Lipinski definition) is 2. The van der Waals surface area contributed by atoms with Gasteiger partial charge in [0.2, 0.25) is 0 Å². The molecule has 0 spiro atoms. The summed E-state index contributed by atoms with van der Waals surface area (Å²) in [6.07, 6.45) is -3.63. The average Bonchev–Trinajstić information content (AvgIpc) is 2.31. The molecule has 1 aromatic heterocycles. The SMILES string of the molecule is Nc1cnc2ccccc2c1NCCC(F)(F)F. The number of hydrogen-bond acceptors (Lipinski definition) is 3. The largest absolute Gasteiger partial charge is 0.396 e. The fraction of sp³-hybridized carbons (Fsp3) is 0.250. The van der Waals surface area contributed by atoms with Crippen LogP contribution in [-0.4, -0.2) is 17.7 Å². The quantitative estimate of drug-likeness (QED) is 0.885. The number of nitrogens with one attached hydrogen (secondary N) is 1. The van der Waals surface area contributed by atoms with Gasteiger partial charge in [0.15, 0.2) is 0 Å². The molecular weight excluding hydrogens is 243 g/mol. The molecule has 2 rings (SSSR count). The number of aromatic nitrogens is 1. The Hall–Kier alpha value is -1.98. The standard InChI is InChI=1S/C12H12F3N3/c13-12(14,15)5-6-17-11-8-3-1-2-4-10(8)18-7-9(11)16/h1-4,7H,5-6,16H2,(H,17,18). The summed E-state index contributed by atoms with van der Waals surface area (Å²) in [6, 6.07) is 7.15. The monoisotopic (exact) mass is 255 g/mol. The maximum absolute atomic E-state index is 12.1. The smallest absolute Gasteiger partial charge is 0.390 e. The maximum Gasteiger partial charge on any atom is 0.390 e. The van der Waals surface area contributed by atoms with Gasteiger partial charge >= 0.3 is 6.18 Å². The third-order valence-corrected chi connectivity index (χ3v) is 2.52. The Balaban J connectivity index is 2.24. The lowest BCUT2D eigenvalue weighted by molar-refractivity contribution is -0.131. The van der Waals surface area contributed by atoms with Gasteiger partial charge in [-0.15, -0.1) is 0 Å². The van der Waals surface area contributed by atoms with Crippen molar-refractivity contribution in [1.29, 1.82) is 0 Å². The van der Waals surface area contributed by atoms with Crippen LogP contribution in [0, 0.1) is 0 Å². The summed E-state index contributed by atoms with van der Waals surface area (Å²) in [6.45, 7) is -0.207. The van der Waals surface area contributed by atoms with Crippen LogP contribution in [0.15, 0.2) is 30.5 Å². The van der Waals surface area contributed by atoms with Gasteiger partial charge in [0, 0.05) is 11.9 Å². The van der Waals surface area contributed by atoms with Crippen LogP contribution in [0.5, 0.6) is 0 Å². The number of nitrogens with zero attached hydrogens (tertiary/aromatic N) is 1. The van der Waals surface area contributed by atoms with Gasteiger partial charge in [-0.05, 0) is 6.07 Å². The Morgan fingerprint density at radius 2 is 1.94 bits per heavy atom. The summed E-state index contributed by atoms with van der Waals surface area (Å²) in [5.74, 6) is 0. The molecule has 0 unspecified atom stereocenters. The van der Waals surface area contributed by atoms with Crippen molar-refractivity contribution in [3.8, 4) is 0 Å². The number of fused-ring (bicyclic) bond motifs is 1. The average molecular weight is 255 g/mol. The second kappa shape index (κ2) is 4.72. The molecule has 1 heterocycles. The summed E-state index contributed by atoms with van der Waals surface area (Å²) in [5, 5.41) is 3.45. The zero-order chi connectivity index (χ0) is 13.2. The molecular formula is C12H12F3N3. The van der Waals surface area contributed by atoms with Crippen molar-refractivity contribution >= 4 is 22.3 Å². The molecule has 96 valence electrons. The molecule has 0 saturated carbocycles. The van der Waals surface area contributed by atoms with E-state index in [0.29, 0.717) is 16.9 Å². The molecule has 0 aliphatic rings. The highest BCUT2D eigenvalue weighted by Crippen LogP contribution is 2.28. The molecule has 3 N–H and O–H groups in total. The minimum Gasteiger partial charge on any atom is -0.396 e. The van der Waals surface area contributed by atoms with E-state index >= 15 is 0 Å². The van der Waals surface area contributed by atoms with Crippen molar-refractivity contribution in [3.05, 3.63) is 30.5 Å². The zero-order valence-electron chi connectivity index (χ0n) is 9.46. The van der Waals surface area contributed by atoms with E-state index in [0.717, 1.165) is 5.39 Å². The maximum atomic E-state index is 12.1. The second-order valence-electron chi connectivity index (χ2n) is 3.90. The van der Waals surface area contributed by atoms with Crippen LogP contribution >= 0.6 is 0 Å². The van der Waals surface area contributed by atoms with Crippen LogP contribution in [0.4, 0.5) is 24.5 Å². The highest BCUT2D eigenvalue weighted by atomic mass is 19.4. The number of anilines is 2. The first-order valence-electron chi connectivity index (χ1n) is 5.41. The summed E-state index contributed by atoms with van der Waals surface area (Å²) < 4.78 is 36.3. The Bertz CT molecular complexity index is 552. The fourth-order valence-corrected chi connectivity index (χ4v) is 1.68. The van der Waals surface area contributed by atoms with E-state index in [4.69, 9.17) is 5.73 Å². The molecule has 1 aromatic carbocycles. The highest BCUT2D eigenvalue weighted by molar-refractivity contribution is 5.96. The Labute approximate surface area is 102 Å². The Kier molecular flexibility index (Phi) is 3.27. The molecule has 0 amide bonds. The number of benzene rings is 1. The molecule has 18 heavy (non-hydrogen) atoms. The van der Waals surface area contributed by atoms with Crippen molar-refractivity contribution in [2.75, 3.05) is 17.6 Å². The van der Waals surface area contributed by atoms with Gasteiger partial charge < -0.3 is 11.1 Å². The molecule has 0 fully saturated rings. The van der Waals surface area contributed by atoms with E-state index in [1.165, 1.54) is 6.20 Å². The molecule has 0 aliphatic carbocycles. The van der Waals surface area contributed by atoms with Crippen molar-refractivity contribution in [2.45, 2.75) is 12.6 Å². The van der Waals surface area contributed by atoms with E-state index in [1.54, 1.807) is 18.2 Å². The molecule has 0 radical (unpaired) electrons. The van der Waals surface area contributed by atoms with Gasteiger partial charge in [-0.1, -0.05) is 18.2 Å². The first-order valence-corrected chi connectivity index (χ1v) is 5.41. The van der Waals surface area contributed by atoms with Crippen LogP contribution < -0.4 is 11.1 Å². The minimum absolute atomic E-state index is 0.207. The first-order chi connectivity index (χ1) is 8.47. The number of nitrogens with two attached hydrogens (primary N) is 1. The normalized spacial score (nSPS) is 11.7. The van der Waals surface area contributed by atoms with Gasteiger partial charge in [0.1, 0.15) is 0 Å². The molecule has 0 bridgehead atoms. The van der Waals surface area contributed by atoms with Crippen LogP contribution in [-0.2, 0) is 0 Å². The first kappa shape index (κ1) is 12.5. The highest BCUT2D eigenvalue weighted by Gasteiger charge is 2.26. The number of rotatable bonds is 3. The van der Waals surface area contributed by atoms with Crippen molar-refractivity contribution in [3.63, 3.8) is 0 Å². The van der Waals surface area contributed by atoms with Gasteiger partial charge in [0.25, 0.3) is 0 Å². The number of pyridine rings is 1. The second-order valence-corrected chi connectivity index (χ2v) is 3.90. The molecule has 0 aliphatic heterocycles. The minimum atomic E-state index is -4.18. The molecule has 6 heteroatoms. The topological polar surface area (TPSA) is 50.9 Å². The molecule has 0 atom stereocenters. The van der Waals surface area contributed by atoms with Gasteiger partial charge in [-0.25, -0.2) is 0 Å². The lowest BCUT2D eigenvalue weighted by Gasteiger charge is -2.13. The predicted octanol–water partition coefficient (Wildman–Crippen LogP) is 3.18. The molecule has 3 nitrogen and oxygen atoms in total. The Morgan fingerprint density at radius 3 is 2.67 bits per heavy atom. The Morgan fingerprint density at radius 1 is 1.22 bits per heavy atom. The summed E-state index contributed by atoms with van der Waals surface area (Å²) in [5.41, 5.74) is 7.27. The van der Waals surface area contributed by atoms with Crippen molar-refractivity contribution in [2.24, 2.45) is 0 Å². The number of halogens is 3. The summed E-state index contributed by atoms with van der Waals surface area (Å²) in [4.78, 5) is 4.11. The lowest BCUT2D eigenvalue weighted by Crippen LogP contribution is -2.15. The van der Waals surface area contributed by atoms with E-state index in [-0.39, 0.29) is 6.54 Å². The van der Waals surface area contributed by atoms with Gasteiger partial charge in [-0.3, -0.25) is 4.98 Å². The molecule has 0 saturated heterocycles. The third-order valence-electron chi connectivity index (χ3n) is 2.52. The van der Waals surface area contributed by atoms with Crippen LogP contribution in [0.25, 0.3) is 10.9 Å². The third kappa shape index (κ3) is 2.82. The van der Waals surface area contributed by atoms with Crippen LogP contribution in [0.1, 0.15) is 6.42 Å². The predicted molar refractivity (Wildman–Crippen MR) is 65.3 cm³/mol. The number of nitrogen functional groups attached to an aromatic ring is 1. The van der Waals surface area contributed by atoms with Crippen LogP contribution in [0.2, 0.25) is 0 Å². The fourth-order valence-electron chi connectivity index (χ4n) is 1.68.